The highest BCUT2D eigenvalue weighted by molar-refractivity contribution is 5.48. The molecule has 1 aromatic carbocycles. The van der Waals surface area contributed by atoms with Crippen LogP contribution in [0, 0.1) is 5.92 Å². The smallest absolute Gasteiger partial charge is 0.0175 e. The lowest BCUT2D eigenvalue weighted by atomic mass is 9.95. The third kappa shape index (κ3) is 3.13. The molecule has 0 spiro atoms. The van der Waals surface area contributed by atoms with Crippen molar-refractivity contribution >= 4 is 6.08 Å². The maximum absolute atomic E-state index is 2.44. The van der Waals surface area contributed by atoms with Gasteiger partial charge in [-0.1, -0.05) is 43.7 Å². The van der Waals surface area contributed by atoms with Crippen LogP contribution in [0.5, 0.6) is 0 Å². The Morgan fingerprint density at radius 2 is 1.88 bits per heavy atom. The van der Waals surface area contributed by atoms with Gasteiger partial charge in [0.25, 0.3) is 0 Å². The fraction of sp³-hybridized carbons (Fsp3) is 0.467. The molecule has 0 unspecified atom stereocenters. The first-order valence-corrected chi connectivity index (χ1v) is 6.36. The Hall–Kier alpha value is -1.24. The van der Waals surface area contributed by atoms with Crippen molar-refractivity contribution in [2.75, 3.05) is 13.1 Å². The van der Waals surface area contributed by atoms with Gasteiger partial charge in [0.15, 0.2) is 0 Å². The number of hydrogen-bond donors (Lipinski definition) is 0. The Bertz CT molecular complexity index is 321. The van der Waals surface area contributed by atoms with Crippen molar-refractivity contribution < 1.29 is 0 Å². The Balaban J connectivity index is 1.85. The molecule has 16 heavy (non-hydrogen) atoms. The van der Waals surface area contributed by atoms with Crippen LogP contribution in [0.15, 0.2) is 36.5 Å². The van der Waals surface area contributed by atoms with E-state index in [-0.39, 0.29) is 0 Å². The van der Waals surface area contributed by atoms with Gasteiger partial charge in [-0.05, 0) is 36.6 Å². The van der Waals surface area contributed by atoms with E-state index in [4.69, 9.17) is 0 Å². The average Bonchev–Trinajstić information content (AvgIpc) is 2.38. The second kappa shape index (κ2) is 5.74. The maximum Gasteiger partial charge on any atom is 0.0175 e. The first kappa shape index (κ1) is 11.3. The van der Waals surface area contributed by atoms with Gasteiger partial charge in [-0.25, -0.2) is 0 Å². The summed E-state index contributed by atoms with van der Waals surface area (Å²) >= 11 is 0. The van der Waals surface area contributed by atoms with Gasteiger partial charge in [-0.15, -0.1) is 0 Å². The predicted octanol–water partition coefficient (Wildman–Crippen LogP) is 3.78. The number of nitrogens with zero attached hydrogens (tertiary/aromatic N) is 1. The van der Waals surface area contributed by atoms with E-state index in [9.17, 15) is 0 Å². The van der Waals surface area contributed by atoms with Crippen LogP contribution < -0.4 is 0 Å². The van der Waals surface area contributed by atoms with Gasteiger partial charge in [0.2, 0.25) is 0 Å². The monoisotopic (exact) mass is 215 g/mol. The third-order valence-electron chi connectivity index (χ3n) is 3.50. The molecule has 0 amide bonds. The number of likely N-dealkylation sites (tertiary alicyclic amines) is 1. The van der Waals surface area contributed by atoms with Crippen molar-refractivity contribution in [3.63, 3.8) is 0 Å². The molecule has 1 aromatic rings. The Kier molecular flexibility index (Phi) is 4.03. The van der Waals surface area contributed by atoms with Crippen molar-refractivity contribution in [2.24, 2.45) is 5.92 Å². The van der Waals surface area contributed by atoms with Crippen LogP contribution in [0.1, 0.15) is 31.7 Å². The molecule has 0 aliphatic carbocycles. The van der Waals surface area contributed by atoms with E-state index in [0.717, 1.165) is 5.92 Å². The van der Waals surface area contributed by atoms with Crippen LogP contribution >= 0.6 is 0 Å². The quantitative estimate of drug-likeness (QED) is 0.741. The molecule has 0 bridgehead atoms. The molecule has 1 aliphatic rings. The fourth-order valence-corrected chi connectivity index (χ4v) is 2.27. The van der Waals surface area contributed by atoms with E-state index >= 15 is 0 Å². The van der Waals surface area contributed by atoms with Gasteiger partial charge in [0.05, 0.1) is 0 Å². The third-order valence-corrected chi connectivity index (χ3v) is 3.50. The van der Waals surface area contributed by atoms with Crippen molar-refractivity contribution in [2.45, 2.75) is 26.2 Å². The zero-order chi connectivity index (χ0) is 11.2. The maximum atomic E-state index is 2.44. The van der Waals surface area contributed by atoms with Crippen molar-refractivity contribution in [1.29, 1.82) is 0 Å². The molecule has 0 N–H and O–H groups in total. The van der Waals surface area contributed by atoms with E-state index in [1.165, 1.54) is 37.9 Å². The minimum absolute atomic E-state index is 0.960. The lowest BCUT2D eigenvalue weighted by Gasteiger charge is -2.30. The molecular formula is C15H21N. The highest BCUT2D eigenvalue weighted by Gasteiger charge is 2.14. The van der Waals surface area contributed by atoms with Gasteiger partial charge < -0.3 is 4.90 Å². The largest absolute Gasteiger partial charge is 0.377 e. The van der Waals surface area contributed by atoms with Gasteiger partial charge in [0.1, 0.15) is 0 Å². The molecule has 0 radical (unpaired) electrons. The van der Waals surface area contributed by atoms with E-state index in [0.29, 0.717) is 0 Å². The summed E-state index contributed by atoms with van der Waals surface area (Å²) in [7, 11) is 0. The Morgan fingerprint density at radius 3 is 2.50 bits per heavy atom. The molecule has 1 aliphatic heterocycles. The van der Waals surface area contributed by atoms with Crippen molar-refractivity contribution in [1.82, 2.24) is 4.90 Å². The molecule has 2 rings (SSSR count). The molecule has 1 nitrogen and oxygen atoms in total. The number of benzene rings is 1. The summed E-state index contributed by atoms with van der Waals surface area (Å²) in [5, 5.41) is 0. The first-order valence-electron chi connectivity index (χ1n) is 6.36. The van der Waals surface area contributed by atoms with Crippen LogP contribution in [-0.4, -0.2) is 18.0 Å². The average molecular weight is 215 g/mol. The van der Waals surface area contributed by atoms with E-state index in [1.54, 1.807) is 0 Å². The van der Waals surface area contributed by atoms with Crippen LogP contribution in [0.4, 0.5) is 0 Å². The molecule has 86 valence electrons. The number of hydrogen-bond acceptors (Lipinski definition) is 1. The molecule has 1 fully saturated rings. The SMILES string of the molecule is CCC1CCN(C=Cc2ccccc2)CC1. The zero-order valence-electron chi connectivity index (χ0n) is 10.1. The number of rotatable bonds is 3. The predicted molar refractivity (Wildman–Crippen MR) is 70.1 cm³/mol. The lowest BCUT2D eigenvalue weighted by molar-refractivity contribution is 0.240. The summed E-state index contributed by atoms with van der Waals surface area (Å²) in [5.41, 5.74) is 1.29. The summed E-state index contributed by atoms with van der Waals surface area (Å²) in [5.74, 6) is 0.960. The summed E-state index contributed by atoms with van der Waals surface area (Å²) in [6, 6.07) is 10.5. The second-order valence-electron chi connectivity index (χ2n) is 4.61. The van der Waals surface area contributed by atoms with E-state index < -0.39 is 0 Å². The number of piperidine rings is 1. The standard InChI is InChI=1S/C15H21N/c1-2-14-8-11-16(12-9-14)13-10-15-6-4-3-5-7-15/h3-7,10,13-14H,2,8-9,11-12H2,1H3. The Morgan fingerprint density at radius 1 is 1.19 bits per heavy atom. The minimum Gasteiger partial charge on any atom is -0.377 e. The topological polar surface area (TPSA) is 3.24 Å². The minimum atomic E-state index is 0.960. The van der Waals surface area contributed by atoms with Crippen LogP contribution in [0.25, 0.3) is 6.08 Å². The first-order chi connectivity index (χ1) is 7.88. The van der Waals surface area contributed by atoms with Crippen molar-refractivity contribution in [3.8, 4) is 0 Å². The normalized spacial score (nSPS) is 18.2. The molecular weight excluding hydrogens is 194 g/mol. The highest BCUT2D eigenvalue weighted by Crippen LogP contribution is 2.20. The van der Waals surface area contributed by atoms with Gasteiger partial charge in [0, 0.05) is 13.1 Å². The Labute approximate surface area is 98.8 Å². The summed E-state index contributed by atoms with van der Waals surface area (Å²) in [6.45, 7) is 4.75. The van der Waals surface area contributed by atoms with Crippen LogP contribution in [0.2, 0.25) is 0 Å². The van der Waals surface area contributed by atoms with Gasteiger partial charge in [-0.3, -0.25) is 0 Å². The molecule has 0 saturated carbocycles. The van der Waals surface area contributed by atoms with Crippen molar-refractivity contribution in [3.05, 3.63) is 42.1 Å². The molecule has 1 saturated heterocycles. The summed E-state index contributed by atoms with van der Waals surface area (Å²) in [4.78, 5) is 2.44. The fourth-order valence-electron chi connectivity index (χ4n) is 2.27. The summed E-state index contributed by atoms with van der Waals surface area (Å²) < 4.78 is 0. The molecule has 0 atom stereocenters. The van der Waals surface area contributed by atoms with E-state index in [1.807, 2.05) is 0 Å². The van der Waals surface area contributed by atoms with Gasteiger partial charge in [-0.2, -0.15) is 0 Å². The zero-order valence-corrected chi connectivity index (χ0v) is 10.1. The van der Waals surface area contributed by atoms with Crippen LogP contribution in [0.3, 0.4) is 0 Å². The second-order valence-corrected chi connectivity index (χ2v) is 4.61. The molecule has 1 heterocycles. The van der Waals surface area contributed by atoms with E-state index in [2.05, 4.69) is 54.4 Å². The molecule has 1 heteroatoms. The lowest BCUT2D eigenvalue weighted by Crippen LogP contribution is -2.29. The molecule has 0 aromatic heterocycles. The summed E-state index contributed by atoms with van der Waals surface area (Å²) in [6.07, 6.45) is 8.52. The van der Waals surface area contributed by atoms with Gasteiger partial charge >= 0.3 is 0 Å². The van der Waals surface area contributed by atoms with Crippen LogP contribution in [-0.2, 0) is 0 Å². The highest BCUT2D eigenvalue weighted by atomic mass is 15.1.